The van der Waals surface area contributed by atoms with Gasteiger partial charge in [-0.1, -0.05) is 19.9 Å². The van der Waals surface area contributed by atoms with Gasteiger partial charge in [-0.05, 0) is 34.0 Å². The lowest BCUT2D eigenvalue weighted by Gasteiger charge is -2.28. The van der Waals surface area contributed by atoms with Gasteiger partial charge < -0.3 is 15.4 Å². The Balaban J connectivity index is 3.13. The summed E-state index contributed by atoms with van der Waals surface area (Å²) in [7, 11) is 1.69. The highest BCUT2D eigenvalue weighted by Crippen LogP contribution is 2.28. The third-order valence-electron chi connectivity index (χ3n) is 2.75. The smallest absolute Gasteiger partial charge is 0.126 e. The number of nitrogens with zero attached hydrogens (tertiary/aromatic N) is 1. The summed E-state index contributed by atoms with van der Waals surface area (Å²) in [6.07, 6.45) is 0. The van der Waals surface area contributed by atoms with Gasteiger partial charge in [0.05, 0.1) is 12.2 Å². The van der Waals surface area contributed by atoms with Crippen molar-refractivity contribution < 1.29 is 4.74 Å². The number of nitrogens with one attached hydrogen (secondary N) is 1. The van der Waals surface area contributed by atoms with E-state index in [1.54, 1.807) is 7.11 Å². The van der Waals surface area contributed by atoms with Crippen LogP contribution in [0.3, 0.4) is 0 Å². The van der Waals surface area contributed by atoms with E-state index in [4.69, 9.17) is 15.9 Å². The Labute approximate surface area is 123 Å². The number of halogens is 1. The first-order valence-corrected chi connectivity index (χ1v) is 7.13. The number of ether oxygens (including phenoxy) is 1. The fourth-order valence-corrected chi connectivity index (χ4v) is 2.56. The summed E-state index contributed by atoms with van der Waals surface area (Å²) in [6, 6.07) is 5.87. The lowest BCUT2D eigenvalue weighted by Crippen LogP contribution is -2.33. The molecule has 0 heterocycles. The molecule has 0 fully saturated rings. The Bertz CT molecular complexity index is 435. The predicted molar refractivity (Wildman–Crippen MR) is 84.1 cm³/mol. The van der Waals surface area contributed by atoms with Gasteiger partial charge in [-0.2, -0.15) is 0 Å². The average molecular weight is 328 g/mol. The zero-order valence-corrected chi connectivity index (χ0v) is 13.3. The molecule has 0 aliphatic carbocycles. The predicted octanol–water partition coefficient (Wildman–Crippen LogP) is 2.84. The lowest BCUT2D eigenvalue weighted by atomic mass is 10.1. The van der Waals surface area contributed by atoms with Gasteiger partial charge in [-0.25, -0.2) is 0 Å². The molecule has 5 heteroatoms. The van der Waals surface area contributed by atoms with E-state index >= 15 is 0 Å². The highest BCUT2D eigenvalue weighted by molar-refractivity contribution is 9.10. The number of hydrogen-bond donors (Lipinski definition) is 2. The molecular formula is C14H22BrN3O. The minimum Gasteiger partial charge on any atom is -0.384 e. The maximum atomic E-state index is 7.76. The first-order valence-electron chi connectivity index (χ1n) is 6.34. The molecule has 1 aromatic carbocycles. The molecule has 19 heavy (non-hydrogen) atoms. The van der Waals surface area contributed by atoms with Gasteiger partial charge in [0.15, 0.2) is 0 Å². The molecule has 1 aromatic rings. The molecule has 0 spiro atoms. The highest BCUT2D eigenvalue weighted by Gasteiger charge is 2.16. The van der Waals surface area contributed by atoms with Crippen LogP contribution in [0, 0.1) is 11.3 Å². The summed E-state index contributed by atoms with van der Waals surface area (Å²) in [5, 5.41) is 7.76. The van der Waals surface area contributed by atoms with Crippen molar-refractivity contribution in [2.24, 2.45) is 11.7 Å². The standard InChI is InChI=1S/C14H22BrN3O/c1-10(2)9-18(7-8-19-3)12-6-4-5-11(15)13(12)14(16)17/h4-6,10H,7-9H2,1-3H3,(H3,16,17). The van der Waals surface area contributed by atoms with E-state index in [0.717, 1.165) is 28.8 Å². The Morgan fingerprint density at radius 3 is 2.68 bits per heavy atom. The fourth-order valence-electron chi connectivity index (χ4n) is 2.00. The third kappa shape index (κ3) is 4.51. The van der Waals surface area contributed by atoms with E-state index in [2.05, 4.69) is 34.7 Å². The second-order valence-electron chi connectivity index (χ2n) is 4.88. The van der Waals surface area contributed by atoms with Crippen molar-refractivity contribution in [3.63, 3.8) is 0 Å². The molecular weight excluding hydrogens is 306 g/mol. The SMILES string of the molecule is COCCN(CC(C)C)c1cccc(Br)c1C(=N)N. The first kappa shape index (κ1) is 16.0. The molecule has 0 amide bonds. The second kappa shape index (κ2) is 7.50. The van der Waals surface area contributed by atoms with E-state index in [1.807, 2.05) is 18.2 Å². The number of rotatable bonds is 7. The van der Waals surface area contributed by atoms with Crippen LogP contribution in [0.4, 0.5) is 5.69 Å². The van der Waals surface area contributed by atoms with Crippen LogP contribution in [-0.4, -0.2) is 32.6 Å². The molecule has 0 aromatic heterocycles. The van der Waals surface area contributed by atoms with Crippen molar-refractivity contribution in [1.29, 1.82) is 5.41 Å². The summed E-state index contributed by atoms with van der Waals surface area (Å²) < 4.78 is 6.02. The van der Waals surface area contributed by atoms with Gasteiger partial charge in [0, 0.05) is 30.4 Å². The third-order valence-corrected chi connectivity index (χ3v) is 3.41. The fraction of sp³-hybridized carbons (Fsp3) is 0.500. The van der Waals surface area contributed by atoms with Gasteiger partial charge >= 0.3 is 0 Å². The molecule has 4 nitrogen and oxygen atoms in total. The van der Waals surface area contributed by atoms with Gasteiger partial charge in [0.25, 0.3) is 0 Å². The number of hydrogen-bond acceptors (Lipinski definition) is 3. The number of anilines is 1. The molecule has 0 saturated heterocycles. The van der Waals surface area contributed by atoms with E-state index in [1.165, 1.54) is 0 Å². The topological polar surface area (TPSA) is 62.3 Å². The Morgan fingerprint density at radius 1 is 1.47 bits per heavy atom. The van der Waals surface area contributed by atoms with Crippen molar-refractivity contribution in [2.45, 2.75) is 13.8 Å². The zero-order valence-electron chi connectivity index (χ0n) is 11.7. The zero-order chi connectivity index (χ0) is 14.4. The normalized spacial score (nSPS) is 10.8. The van der Waals surface area contributed by atoms with E-state index in [0.29, 0.717) is 12.5 Å². The minimum atomic E-state index is 0.0775. The minimum absolute atomic E-state index is 0.0775. The second-order valence-corrected chi connectivity index (χ2v) is 5.73. The van der Waals surface area contributed by atoms with Crippen molar-refractivity contribution in [2.75, 3.05) is 31.7 Å². The van der Waals surface area contributed by atoms with Crippen LogP contribution in [0.1, 0.15) is 19.4 Å². The van der Waals surface area contributed by atoms with Crippen molar-refractivity contribution >= 4 is 27.5 Å². The molecule has 1 rings (SSSR count). The lowest BCUT2D eigenvalue weighted by molar-refractivity contribution is 0.204. The molecule has 3 N–H and O–H groups in total. The van der Waals surface area contributed by atoms with Crippen LogP contribution in [0.15, 0.2) is 22.7 Å². The number of methoxy groups -OCH3 is 1. The summed E-state index contributed by atoms with van der Waals surface area (Å²) in [5.74, 6) is 0.601. The Morgan fingerprint density at radius 2 is 2.16 bits per heavy atom. The summed E-state index contributed by atoms with van der Waals surface area (Å²) in [4.78, 5) is 2.22. The molecule has 0 radical (unpaired) electrons. The number of nitrogen functional groups attached to an aromatic ring is 1. The molecule has 106 valence electrons. The largest absolute Gasteiger partial charge is 0.384 e. The maximum absolute atomic E-state index is 7.76. The maximum Gasteiger partial charge on any atom is 0.126 e. The molecule has 0 aliphatic rings. The molecule has 0 atom stereocenters. The van der Waals surface area contributed by atoms with E-state index in [-0.39, 0.29) is 5.84 Å². The summed E-state index contributed by atoms with van der Waals surface area (Å²) in [5.41, 5.74) is 7.44. The highest BCUT2D eigenvalue weighted by atomic mass is 79.9. The Hall–Kier alpha value is -1.07. The van der Waals surface area contributed by atoms with Crippen molar-refractivity contribution in [3.05, 3.63) is 28.2 Å². The molecule has 0 bridgehead atoms. The summed E-state index contributed by atoms with van der Waals surface area (Å²) >= 11 is 3.47. The molecule has 0 unspecified atom stereocenters. The number of amidine groups is 1. The van der Waals surface area contributed by atoms with Gasteiger partial charge in [-0.3, -0.25) is 5.41 Å². The Kier molecular flexibility index (Phi) is 6.31. The average Bonchev–Trinajstić information content (AvgIpc) is 2.33. The summed E-state index contributed by atoms with van der Waals surface area (Å²) in [6.45, 7) is 6.68. The van der Waals surface area contributed by atoms with Crippen LogP contribution >= 0.6 is 15.9 Å². The van der Waals surface area contributed by atoms with Crippen LogP contribution in [-0.2, 0) is 4.74 Å². The van der Waals surface area contributed by atoms with Crippen LogP contribution in [0.2, 0.25) is 0 Å². The molecule has 0 aliphatic heterocycles. The van der Waals surface area contributed by atoms with Crippen LogP contribution in [0.5, 0.6) is 0 Å². The van der Waals surface area contributed by atoms with Gasteiger partial charge in [0.1, 0.15) is 5.84 Å². The van der Waals surface area contributed by atoms with Gasteiger partial charge in [0.2, 0.25) is 0 Å². The van der Waals surface area contributed by atoms with Crippen LogP contribution in [0.25, 0.3) is 0 Å². The van der Waals surface area contributed by atoms with E-state index < -0.39 is 0 Å². The number of benzene rings is 1. The van der Waals surface area contributed by atoms with Crippen molar-refractivity contribution in [3.8, 4) is 0 Å². The van der Waals surface area contributed by atoms with Crippen molar-refractivity contribution in [1.82, 2.24) is 0 Å². The number of nitrogens with two attached hydrogens (primary N) is 1. The monoisotopic (exact) mass is 327 g/mol. The quantitative estimate of drug-likeness (QED) is 0.598. The van der Waals surface area contributed by atoms with Gasteiger partial charge in [-0.15, -0.1) is 0 Å². The molecule has 0 saturated carbocycles. The van der Waals surface area contributed by atoms with E-state index in [9.17, 15) is 0 Å². The first-order chi connectivity index (χ1) is 8.97. The van der Waals surface area contributed by atoms with Crippen LogP contribution < -0.4 is 10.6 Å².